The first kappa shape index (κ1) is 11.5. The number of rotatable bonds is 6. The minimum atomic E-state index is 0.571. The van der Waals surface area contributed by atoms with Crippen molar-refractivity contribution in [2.75, 3.05) is 12.3 Å². The SMILES string of the molecule is CCNC(CC)CSc1nncn1C. The number of hydrogen-bond acceptors (Lipinski definition) is 4. The van der Waals surface area contributed by atoms with Gasteiger partial charge in [-0.2, -0.15) is 0 Å². The van der Waals surface area contributed by atoms with Gasteiger partial charge in [0.1, 0.15) is 6.33 Å². The van der Waals surface area contributed by atoms with Crippen molar-refractivity contribution in [1.82, 2.24) is 20.1 Å². The van der Waals surface area contributed by atoms with Gasteiger partial charge in [-0.15, -0.1) is 10.2 Å². The summed E-state index contributed by atoms with van der Waals surface area (Å²) in [6.45, 7) is 5.36. The lowest BCUT2D eigenvalue weighted by Gasteiger charge is -2.14. The van der Waals surface area contributed by atoms with Crippen molar-refractivity contribution in [1.29, 1.82) is 0 Å². The highest BCUT2D eigenvalue weighted by Crippen LogP contribution is 2.15. The van der Waals surface area contributed by atoms with Gasteiger partial charge in [-0.25, -0.2) is 0 Å². The molecule has 0 bridgehead atoms. The van der Waals surface area contributed by atoms with Crippen molar-refractivity contribution >= 4 is 11.8 Å². The molecule has 0 amide bonds. The van der Waals surface area contributed by atoms with Crippen LogP contribution in [0.2, 0.25) is 0 Å². The summed E-state index contributed by atoms with van der Waals surface area (Å²) in [5.74, 6) is 1.05. The second kappa shape index (κ2) is 6.03. The number of hydrogen-bond donors (Lipinski definition) is 1. The Morgan fingerprint density at radius 1 is 1.57 bits per heavy atom. The van der Waals surface area contributed by atoms with E-state index in [4.69, 9.17) is 0 Å². The van der Waals surface area contributed by atoms with Crippen LogP contribution in [0.5, 0.6) is 0 Å². The van der Waals surface area contributed by atoms with Gasteiger partial charge >= 0.3 is 0 Å². The molecule has 14 heavy (non-hydrogen) atoms. The van der Waals surface area contributed by atoms with Crippen LogP contribution in [0.15, 0.2) is 11.5 Å². The quantitative estimate of drug-likeness (QED) is 0.725. The molecule has 1 N–H and O–H groups in total. The van der Waals surface area contributed by atoms with E-state index in [0.717, 1.165) is 23.9 Å². The van der Waals surface area contributed by atoms with E-state index in [1.54, 1.807) is 18.1 Å². The molecule has 1 atom stereocenters. The molecular weight excluding hydrogens is 196 g/mol. The molecule has 1 aromatic heterocycles. The van der Waals surface area contributed by atoms with Crippen molar-refractivity contribution in [2.45, 2.75) is 31.5 Å². The lowest BCUT2D eigenvalue weighted by molar-refractivity contribution is 0.559. The molecule has 0 saturated heterocycles. The Labute approximate surface area is 89.5 Å². The van der Waals surface area contributed by atoms with Crippen LogP contribution in [0.3, 0.4) is 0 Å². The van der Waals surface area contributed by atoms with Crippen LogP contribution < -0.4 is 5.32 Å². The van der Waals surface area contributed by atoms with Gasteiger partial charge in [0, 0.05) is 18.8 Å². The van der Waals surface area contributed by atoms with E-state index < -0.39 is 0 Å². The van der Waals surface area contributed by atoms with Crippen molar-refractivity contribution in [2.24, 2.45) is 7.05 Å². The Hall–Kier alpha value is -0.550. The first-order valence-electron chi connectivity index (χ1n) is 4.98. The van der Waals surface area contributed by atoms with Crippen LogP contribution in [-0.4, -0.2) is 33.1 Å². The van der Waals surface area contributed by atoms with E-state index in [2.05, 4.69) is 29.4 Å². The van der Waals surface area contributed by atoms with Crippen LogP contribution in [0, 0.1) is 0 Å². The first-order chi connectivity index (χ1) is 6.77. The highest BCUT2D eigenvalue weighted by Gasteiger charge is 2.07. The van der Waals surface area contributed by atoms with E-state index >= 15 is 0 Å². The Bertz CT molecular complexity index is 261. The number of nitrogens with zero attached hydrogens (tertiary/aromatic N) is 3. The predicted octanol–water partition coefficient (Wildman–Crippen LogP) is 1.30. The second-order valence-corrected chi connectivity index (χ2v) is 4.19. The fourth-order valence-corrected chi connectivity index (χ4v) is 2.25. The molecule has 80 valence electrons. The fraction of sp³-hybridized carbons (Fsp3) is 0.778. The van der Waals surface area contributed by atoms with Crippen molar-refractivity contribution in [3.8, 4) is 0 Å². The van der Waals surface area contributed by atoms with Crippen molar-refractivity contribution in [3.05, 3.63) is 6.33 Å². The number of nitrogens with one attached hydrogen (secondary N) is 1. The molecule has 1 rings (SSSR count). The summed E-state index contributed by atoms with van der Waals surface area (Å²) in [5, 5.41) is 12.3. The molecule has 0 aromatic carbocycles. The van der Waals surface area contributed by atoms with Gasteiger partial charge in [0.15, 0.2) is 5.16 Å². The monoisotopic (exact) mass is 214 g/mol. The zero-order chi connectivity index (χ0) is 10.4. The van der Waals surface area contributed by atoms with Crippen LogP contribution in [0.4, 0.5) is 0 Å². The third kappa shape index (κ3) is 3.31. The zero-order valence-electron chi connectivity index (χ0n) is 9.03. The molecule has 0 radical (unpaired) electrons. The summed E-state index contributed by atoms with van der Waals surface area (Å²) < 4.78 is 1.95. The standard InChI is InChI=1S/C9H18N4S/c1-4-8(10-5-2)6-14-9-12-11-7-13(9)3/h7-8,10H,4-6H2,1-3H3. The summed E-state index contributed by atoms with van der Waals surface area (Å²) in [7, 11) is 1.97. The zero-order valence-corrected chi connectivity index (χ0v) is 9.84. The van der Waals surface area contributed by atoms with Crippen LogP contribution in [0.1, 0.15) is 20.3 Å². The minimum absolute atomic E-state index is 0.571. The molecule has 0 aliphatic rings. The molecular formula is C9H18N4S. The number of aryl methyl sites for hydroxylation is 1. The lowest BCUT2D eigenvalue weighted by atomic mass is 10.2. The smallest absolute Gasteiger partial charge is 0.190 e. The van der Waals surface area contributed by atoms with Crippen molar-refractivity contribution < 1.29 is 0 Å². The molecule has 0 saturated carbocycles. The van der Waals surface area contributed by atoms with Gasteiger partial charge in [-0.1, -0.05) is 25.6 Å². The maximum atomic E-state index is 4.03. The summed E-state index contributed by atoms with van der Waals surface area (Å²) in [6.07, 6.45) is 2.88. The molecule has 0 fully saturated rings. The van der Waals surface area contributed by atoms with Gasteiger partial charge in [-0.05, 0) is 13.0 Å². The summed E-state index contributed by atoms with van der Waals surface area (Å²) >= 11 is 1.75. The maximum absolute atomic E-state index is 4.03. The van der Waals surface area contributed by atoms with Gasteiger partial charge in [-0.3, -0.25) is 0 Å². The third-order valence-corrected chi connectivity index (χ3v) is 3.27. The van der Waals surface area contributed by atoms with E-state index in [-0.39, 0.29) is 0 Å². The van der Waals surface area contributed by atoms with Gasteiger partial charge in [0.25, 0.3) is 0 Å². The molecule has 0 aliphatic heterocycles. The number of thioether (sulfide) groups is 1. The molecule has 0 spiro atoms. The first-order valence-corrected chi connectivity index (χ1v) is 5.96. The summed E-state index contributed by atoms with van der Waals surface area (Å²) in [4.78, 5) is 0. The van der Waals surface area contributed by atoms with Crippen LogP contribution in [0.25, 0.3) is 0 Å². The van der Waals surface area contributed by atoms with Crippen LogP contribution in [-0.2, 0) is 7.05 Å². The van der Waals surface area contributed by atoms with Gasteiger partial charge < -0.3 is 9.88 Å². The average molecular weight is 214 g/mol. The van der Waals surface area contributed by atoms with E-state index in [1.165, 1.54) is 0 Å². The Kier molecular flexibility index (Phi) is 4.97. The Morgan fingerprint density at radius 3 is 2.86 bits per heavy atom. The minimum Gasteiger partial charge on any atom is -0.313 e. The summed E-state index contributed by atoms with van der Waals surface area (Å²) in [6, 6.07) is 0.571. The van der Waals surface area contributed by atoms with Crippen molar-refractivity contribution in [3.63, 3.8) is 0 Å². The Balaban J connectivity index is 2.35. The van der Waals surface area contributed by atoms with Gasteiger partial charge in [0.05, 0.1) is 0 Å². The van der Waals surface area contributed by atoms with E-state index in [1.807, 2.05) is 11.6 Å². The molecule has 5 heteroatoms. The second-order valence-electron chi connectivity index (χ2n) is 3.20. The maximum Gasteiger partial charge on any atom is 0.190 e. The molecule has 4 nitrogen and oxygen atoms in total. The van der Waals surface area contributed by atoms with E-state index in [9.17, 15) is 0 Å². The molecule has 1 unspecified atom stereocenters. The largest absolute Gasteiger partial charge is 0.313 e. The average Bonchev–Trinajstić information content (AvgIpc) is 2.59. The Morgan fingerprint density at radius 2 is 2.36 bits per heavy atom. The van der Waals surface area contributed by atoms with Crippen LogP contribution >= 0.6 is 11.8 Å². The highest BCUT2D eigenvalue weighted by atomic mass is 32.2. The van der Waals surface area contributed by atoms with Gasteiger partial charge in [0.2, 0.25) is 0 Å². The summed E-state index contributed by atoms with van der Waals surface area (Å²) in [5.41, 5.74) is 0. The topological polar surface area (TPSA) is 42.7 Å². The molecule has 0 aliphatic carbocycles. The number of aromatic nitrogens is 3. The molecule has 1 aromatic rings. The molecule has 1 heterocycles. The highest BCUT2D eigenvalue weighted by molar-refractivity contribution is 7.99. The fourth-order valence-electron chi connectivity index (χ4n) is 1.19. The lowest BCUT2D eigenvalue weighted by Crippen LogP contribution is -2.30. The van der Waals surface area contributed by atoms with E-state index in [0.29, 0.717) is 6.04 Å². The normalized spacial score (nSPS) is 13.1. The predicted molar refractivity (Wildman–Crippen MR) is 59.5 cm³/mol. The third-order valence-electron chi connectivity index (χ3n) is 2.07.